The molecule has 3 rings (SSSR count). The van der Waals surface area contributed by atoms with E-state index in [1.807, 2.05) is 12.1 Å². The first kappa shape index (κ1) is 15.3. The van der Waals surface area contributed by atoms with Crippen molar-refractivity contribution in [2.75, 3.05) is 18.0 Å². The van der Waals surface area contributed by atoms with Gasteiger partial charge in [-0.3, -0.25) is 9.59 Å². The van der Waals surface area contributed by atoms with Crippen molar-refractivity contribution in [2.24, 2.45) is 0 Å². The average Bonchev–Trinajstić information content (AvgIpc) is 2.61. The predicted molar refractivity (Wildman–Crippen MR) is 88.5 cm³/mol. The van der Waals surface area contributed by atoms with Crippen LogP contribution >= 0.6 is 0 Å². The Bertz CT molecular complexity index is 715. The Morgan fingerprint density at radius 1 is 1.22 bits per heavy atom. The number of anilines is 1. The fourth-order valence-corrected chi connectivity index (χ4v) is 2.79. The molecule has 6 nitrogen and oxygen atoms in total. The number of nitrogens with zero attached hydrogens (tertiary/aromatic N) is 2. The van der Waals surface area contributed by atoms with Crippen LogP contribution in [-0.4, -0.2) is 29.0 Å². The molecule has 1 aliphatic rings. The number of aromatic nitrogens is 2. The number of carbonyl (C=O) groups is 1. The molecule has 1 saturated heterocycles. The third-order valence-corrected chi connectivity index (χ3v) is 4.01. The maximum absolute atomic E-state index is 12.1. The maximum atomic E-state index is 12.1. The molecular weight excluding hydrogens is 292 g/mol. The molecule has 0 spiro atoms. The molecule has 0 bridgehead atoms. The number of hydrogen-bond acceptors (Lipinski definition) is 4. The predicted octanol–water partition coefficient (Wildman–Crippen LogP) is 1.69. The number of carbonyl (C=O) groups excluding carboxylic acids is 1. The summed E-state index contributed by atoms with van der Waals surface area (Å²) in [7, 11) is 0. The van der Waals surface area contributed by atoms with Crippen LogP contribution < -0.4 is 15.8 Å². The summed E-state index contributed by atoms with van der Waals surface area (Å²) in [5.41, 5.74) is 1.22. The highest BCUT2D eigenvalue weighted by atomic mass is 16.1. The molecule has 23 heavy (non-hydrogen) atoms. The van der Waals surface area contributed by atoms with Gasteiger partial charge in [0, 0.05) is 43.7 Å². The van der Waals surface area contributed by atoms with Crippen molar-refractivity contribution in [1.29, 1.82) is 0 Å². The van der Waals surface area contributed by atoms with Crippen molar-refractivity contribution in [3.63, 3.8) is 0 Å². The zero-order valence-corrected chi connectivity index (χ0v) is 12.9. The molecule has 0 radical (unpaired) electrons. The summed E-state index contributed by atoms with van der Waals surface area (Å²) in [6.07, 6.45) is 6.84. The van der Waals surface area contributed by atoms with Gasteiger partial charge < -0.3 is 15.2 Å². The van der Waals surface area contributed by atoms with Gasteiger partial charge in [0.05, 0.1) is 5.56 Å². The van der Waals surface area contributed by atoms with Gasteiger partial charge in [0.2, 0.25) is 5.56 Å². The Morgan fingerprint density at radius 3 is 2.78 bits per heavy atom. The minimum Gasteiger partial charge on any atom is -0.356 e. The van der Waals surface area contributed by atoms with E-state index < -0.39 is 0 Å². The smallest absolute Gasteiger partial charge is 0.253 e. The summed E-state index contributed by atoms with van der Waals surface area (Å²) >= 11 is 0. The number of nitrogens with one attached hydrogen (secondary N) is 2. The molecule has 0 atom stereocenters. The van der Waals surface area contributed by atoms with Gasteiger partial charge in [-0.05, 0) is 31.4 Å². The summed E-state index contributed by atoms with van der Waals surface area (Å²) in [5.74, 6) is 0.740. The molecule has 1 amide bonds. The van der Waals surface area contributed by atoms with Crippen molar-refractivity contribution >= 4 is 11.7 Å². The largest absolute Gasteiger partial charge is 0.356 e. The maximum Gasteiger partial charge on any atom is 0.253 e. The third-order valence-electron chi connectivity index (χ3n) is 4.01. The van der Waals surface area contributed by atoms with E-state index in [-0.39, 0.29) is 11.5 Å². The van der Waals surface area contributed by atoms with Crippen molar-refractivity contribution in [3.05, 3.63) is 58.1 Å². The van der Waals surface area contributed by atoms with Crippen LogP contribution in [0.15, 0.2) is 41.5 Å². The Morgan fingerprint density at radius 2 is 2.04 bits per heavy atom. The lowest BCUT2D eigenvalue weighted by Crippen LogP contribution is -2.32. The SMILES string of the molecule is O=C(NCc1cccnc1N1CCCCC1)c1ccc(=O)[nH]c1. The first-order valence-corrected chi connectivity index (χ1v) is 7.90. The molecular formula is C17H20N4O2. The minimum atomic E-state index is -0.221. The summed E-state index contributed by atoms with van der Waals surface area (Å²) < 4.78 is 0. The van der Waals surface area contributed by atoms with Crippen molar-refractivity contribution in [1.82, 2.24) is 15.3 Å². The Balaban J connectivity index is 1.69. The molecule has 0 unspecified atom stereocenters. The summed E-state index contributed by atoms with van der Waals surface area (Å²) in [6.45, 7) is 2.44. The molecule has 2 aromatic heterocycles. The number of hydrogen-bond donors (Lipinski definition) is 2. The van der Waals surface area contributed by atoms with E-state index in [1.54, 1.807) is 6.20 Å². The van der Waals surface area contributed by atoms with E-state index >= 15 is 0 Å². The van der Waals surface area contributed by atoms with Crippen LogP contribution in [-0.2, 0) is 6.54 Å². The number of H-pyrrole nitrogens is 1. The standard InChI is InChI=1S/C17H20N4O2/c22-15-7-6-14(12-19-15)17(23)20-11-13-5-4-8-18-16(13)21-9-2-1-3-10-21/h4-8,12H,1-3,9-11H2,(H,19,22)(H,20,23). The number of piperidine rings is 1. The van der Waals surface area contributed by atoms with E-state index in [2.05, 4.69) is 20.2 Å². The van der Waals surface area contributed by atoms with Crippen molar-refractivity contribution in [2.45, 2.75) is 25.8 Å². The van der Waals surface area contributed by atoms with Gasteiger partial charge in [-0.15, -0.1) is 0 Å². The van der Waals surface area contributed by atoms with E-state index in [0.29, 0.717) is 12.1 Å². The lowest BCUT2D eigenvalue weighted by molar-refractivity contribution is 0.0950. The molecule has 3 heterocycles. The first-order valence-electron chi connectivity index (χ1n) is 7.90. The summed E-state index contributed by atoms with van der Waals surface area (Å²) in [4.78, 5) is 32.5. The Hall–Kier alpha value is -2.63. The highest BCUT2D eigenvalue weighted by Crippen LogP contribution is 2.21. The topological polar surface area (TPSA) is 78.1 Å². The summed E-state index contributed by atoms with van der Waals surface area (Å²) in [6, 6.07) is 6.74. The zero-order valence-electron chi connectivity index (χ0n) is 12.9. The second-order valence-electron chi connectivity index (χ2n) is 5.66. The molecule has 2 aromatic rings. The molecule has 6 heteroatoms. The van der Waals surface area contributed by atoms with E-state index in [4.69, 9.17) is 0 Å². The number of amides is 1. The van der Waals surface area contributed by atoms with Crippen LogP contribution in [0.5, 0.6) is 0 Å². The van der Waals surface area contributed by atoms with E-state index in [9.17, 15) is 9.59 Å². The lowest BCUT2D eigenvalue weighted by atomic mass is 10.1. The number of pyridine rings is 2. The monoisotopic (exact) mass is 312 g/mol. The fourth-order valence-electron chi connectivity index (χ4n) is 2.79. The van der Waals surface area contributed by atoms with Crippen LogP contribution in [0.1, 0.15) is 35.2 Å². The average molecular weight is 312 g/mol. The van der Waals surface area contributed by atoms with Gasteiger partial charge in [-0.25, -0.2) is 4.98 Å². The normalized spacial score (nSPS) is 14.5. The molecule has 0 aromatic carbocycles. The molecule has 1 fully saturated rings. The van der Waals surface area contributed by atoms with Gasteiger partial charge in [0.15, 0.2) is 0 Å². The minimum absolute atomic E-state index is 0.213. The van der Waals surface area contributed by atoms with Crippen LogP contribution in [0.3, 0.4) is 0 Å². The highest BCUT2D eigenvalue weighted by Gasteiger charge is 2.16. The Kier molecular flexibility index (Phi) is 4.71. The molecule has 0 aliphatic carbocycles. The van der Waals surface area contributed by atoms with Gasteiger partial charge >= 0.3 is 0 Å². The molecule has 0 saturated carbocycles. The first-order chi connectivity index (χ1) is 11.2. The zero-order chi connectivity index (χ0) is 16.1. The highest BCUT2D eigenvalue weighted by molar-refractivity contribution is 5.93. The quantitative estimate of drug-likeness (QED) is 0.900. The van der Waals surface area contributed by atoms with E-state index in [0.717, 1.165) is 24.5 Å². The number of aromatic amines is 1. The molecule has 1 aliphatic heterocycles. The van der Waals surface area contributed by atoms with Gasteiger partial charge in [-0.2, -0.15) is 0 Å². The molecule has 120 valence electrons. The summed E-state index contributed by atoms with van der Waals surface area (Å²) in [5, 5.41) is 2.89. The second kappa shape index (κ2) is 7.09. The van der Waals surface area contributed by atoms with Crippen LogP contribution in [0, 0.1) is 0 Å². The van der Waals surface area contributed by atoms with Crippen molar-refractivity contribution in [3.8, 4) is 0 Å². The van der Waals surface area contributed by atoms with E-state index in [1.165, 1.54) is 37.6 Å². The molecule has 2 N–H and O–H groups in total. The lowest BCUT2D eigenvalue weighted by Gasteiger charge is -2.29. The number of rotatable bonds is 4. The third kappa shape index (κ3) is 3.77. The van der Waals surface area contributed by atoms with Crippen LogP contribution in [0.25, 0.3) is 0 Å². The van der Waals surface area contributed by atoms with Gasteiger partial charge in [0.1, 0.15) is 5.82 Å². The Labute approximate surface area is 134 Å². The fraction of sp³-hybridized carbons (Fsp3) is 0.353. The second-order valence-corrected chi connectivity index (χ2v) is 5.66. The van der Waals surface area contributed by atoms with Gasteiger partial charge in [-0.1, -0.05) is 6.07 Å². The van der Waals surface area contributed by atoms with Gasteiger partial charge in [0.25, 0.3) is 5.91 Å². The van der Waals surface area contributed by atoms with Crippen LogP contribution in [0.2, 0.25) is 0 Å². The van der Waals surface area contributed by atoms with Crippen LogP contribution in [0.4, 0.5) is 5.82 Å². The van der Waals surface area contributed by atoms with Crippen molar-refractivity contribution < 1.29 is 4.79 Å².